The molecule has 1 fully saturated rings. The summed E-state index contributed by atoms with van der Waals surface area (Å²) < 4.78 is 57.7. The van der Waals surface area contributed by atoms with Crippen LogP contribution in [0, 0.1) is 0 Å². The second-order valence-electron chi connectivity index (χ2n) is 8.49. The molecule has 2 N–H and O–H groups in total. The fourth-order valence-electron chi connectivity index (χ4n) is 4.60. The Morgan fingerprint density at radius 2 is 1.82 bits per heavy atom. The van der Waals surface area contributed by atoms with Crippen molar-refractivity contribution in [2.24, 2.45) is 0 Å². The lowest BCUT2D eigenvalue weighted by molar-refractivity contribution is -0.944. The van der Waals surface area contributed by atoms with Crippen LogP contribution in [0.1, 0.15) is 43.9 Å². The van der Waals surface area contributed by atoms with Gasteiger partial charge in [-0.05, 0) is 62.1 Å². The van der Waals surface area contributed by atoms with Gasteiger partial charge in [-0.15, -0.1) is 0 Å². The molecule has 182 valence electrons. The average molecular weight is 478 g/mol. The summed E-state index contributed by atoms with van der Waals surface area (Å²) in [4.78, 5) is 14.4. The van der Waals surface area contributed by atoms with Gasteiger partial charge in [-0.25, -0.2) is 0 Å². The van der Waals surface area contributed by atoms with Crippen LogP contribution >= 0.6 is 0 Å². The van der Waals surface area contributed by atoms with Crippen LogP contribution in [0.25, 0.3) is 11.0 Å². The molecular formula is C25H27F3NO5+. The third-order valence-electron chi connectivity index (χ3n) is 6.41. The summed E-state index contributed by atoms with van der Waals surface area (Å²) in [7, 11) is 1.46. The van der Waals surface area contributed by atoms with Crippen LogP contribution in [-0.4, -0.2) is 24.8 Å². The summed E-state index contributed by atoms with van der Waals surface area (Å²) in [6, 6.07) is 8.73. The third kappa shape index (κ3) is 4.70. The molecule has 1 aromatic heterocycles. The van der Waals surface area contributed by atoms with Crippen LogP contribution in [-0.2, 0) is 12.7 Å². The Balaban J connectivity index is 1.84. The number of rotatable bonds is 6. The molecule has 0 radical (unpaired) electrons. The van der Waals surface area contributed by atoms with E-state index in [4.69, 9.17) is 13.9 Å². The number of nitrogens with one attached hydrogen (secondary N) is 1. The van der Waals surface area contributed by atoms with E-state index in [1.807, 2.05) is 0 Å². The number of phenols is 1. The summed E-state index contributed by atoms with van der Waals surface area (Å²) in [5.41, 5.74) is -1.01. The number of ether oxygens (including phenoxy) is 2. The Morgan fingerprint density at radius 3 is 2.47 bits per heavy atom. The van der Waals surface area contributed by atoms with E-state index in [9.17, 15) is 23.1 Å². The second kappa shape index (κ2) is 9.58. The largest absolute Gasteiger partial charge is 0.507 e. The van der Waals surface area contributed by atoms with E-state index in [1.54, 1.807) is 0 Å². The van der Waals surface area contributed by atoms with Crippen molar-refractivity contribution in [2.75, 3.05) is 13.7 Å². The summed E-state index contributed by atoms with van der Waals surface area (Å²) in [6.45, 7) is 3.17. The molecule has 34 heavy (non-hydrogen) atoms. The lowest BCUT2D eigenvalue weighted by Crippen LogP contribution is -3.15. The van der Waals surface area contributed by atoms with Gasteiger partial charge in [-0.1, -0.05) is 6.92 Å². The van der Waals surface area contributed by atoms with Crippen LogP contribution in [0.4, 0.5) is 13.2 Å². The predicted molar refractivity (Wildman–Crippen MR) is 120 cm³/mol. The van der Waals surface area contributed by atoms with Crippen LogP contribution in [0.15, 0.2) is 45.6 Å². The smallest absolute Gasteiger partial charge is 0.453 e. The summed E-state index contributed by atoms with van der Waals surface area (Å²) in [5.74, 6) is -2.16. The van der Waals surface area contributed by atoms with E-state index in [0.29, 0.717) is 11.8 Å². The SMILES string of the molecule is CC[C@H]1CCCC[NH+]1Cc1c(O)ccc2c(=O)c(Oc3ccc(OC)cc3)c(C(F)(F)F)oc12. The van der Waals surface area contributed by atoms with E-state index in [0.717, 1.165) is 37.1 Å². The lowest BCUT2D eigenvalue weighted by Gasteiger charge is -2.32. The van der Waals surface area contributed by atoms with Gasteiger partial charge >= 0.3 is 6.18 Å². The van der Waals surface area contributed by atoms with Gasteiger partial charge in [0.05, 0.1) is 30.6 Å². The normalized spacial score (nSPS) is 18.7. The Kier molecular flexibility index (Phi) is 6.74. The maximum Gasteiger partial charge on any atom is 0.453 e. The standard InChI is InChI=1S/C25H26F3NO5/c1-3-15-6-4-5-13-29(15)14-19-20(30)12-11-18-21(31)23(24(25(26,27)28)34-22(18)19)33-17-9-7-16(32-2)8-10-17/h7-12,15,30H,3-6,13-14H2,1-2H3/p+1/t15-/m0/s1. The molecule has 2 aromatic carbocycles. The fraction of sp³-hybridized carbons (Fsp3) is 0.400. The van der Waals surface area contributed by atoms with Crippen LogP contribution in [0.5, 0.6) is 23.0 Å². The summed E-state index contributed by atoms with van der Waals surface area (Å²) in [5, 5.41) is 10.5. The van der Waals surface area contributed by atoms with Crippen molar-refractivity contribution < 1.29 is 37.1 Å². The molecular weight excluding hydrogens is 451 g/mol. The van der Waals surface area contributed by atoms with Gasteiger partial charge in [-0.2, -0.15) is 13.2 Å². The Bertz CT molecular complexity index is 1220. The number of hydrogen-bond donors (Lipinski definition) is 2. The number of halogens is 3. The van der Waals surface area contributed by atoms with Crippen molar-refractivity contribution in [1.82, 2.24) is 0 Å². The van der Waals surface area contributed by atoms with Gasteiger partial charge in [0.25, 0.3) is 5.76 Å². The first kappa shape index (κ1) is 23.9. The van der Waals surface area contributed by atoms with Crippen molar-refractivity contribution >= 4 is 11.0 Å². The molecule has 0 aliphatic carbocycles. The molecule has 4 rings (SSSR count). The number of fused-ring (bicyclic) bond motifs is 1. The number of methoxy groups -OCH3 is 1. The summed E-state index contributed by atoms with van der Waals surface area (Å²) >= 11 is 0. The number of alkyl halides is 3. The quantitative estimate of drug-likeness (QED) is 0.539. The minimum Gasteiger partial charge on any atom is -0.507 e. The lowest BCUT2D eigenvalue weighted by atomic mass is 9.98. The number of phenolic OH excluding ortho intramolecular Hbond substituents is 1. The molecule has 1 saturated heterocycles. The van der Waals surface area contributed by atoms with Gasteiger partial charge in [0, 0.05) is 0 Å². The zero-order valence-corrected chi connectivity index (χ0v) is 19.0. The highest BCUT2D eigenvalue weighted by atomic mass is 19.4. The van der Waals surface area contributed by atoms with Gasteiger partial charge in [0.1, 0.15) is 23.8 Å². The number of likely N-dealkylation sites (tertiary alicyclic amines) is 1. The van der Waals surface area contributed by atoms with Crippen LogP contribution in [0.3, 0.4) is 0 Å². The summed E-state index contributed by atoms with van der Waals surface area (Å²) in [6.07, 6.45) is -0.965. The molecule has 9 heteroatoms. The number of aromatic hydroxyl groups is 1. The van der Waals surface area contributed by atoms with Gasteiger partial charge in [-0.3, -0.25) is 4.79 Å². The number of piperidine rings is 1. The van der Waals surface area contributed by atoms with Crippen molar-refractivity contribution in [3.8, 4) is 23.0 Å². The molecule has 1 aliphatic heterocycles. The van der Waals surface area contributed by atoms with E-state index in [1.165, 1.54) is 43.5 Å². The third-order valence-corrected chi connectivity index (χ3v) is 6.41. The van der Waals surface area contributed by atoms with Crippen molar-refractivity contribution in [3.63, 3.8) is 0 Å². The number of hydrogen-bond acceptors (Lipinski definition) is 5. The molecule has 1 aliphatic rings. The average Bonchev–Trinajstić information content (AvgIpc) is 2.82. The highest BCUT2D eigenvalue weighted by Crippen LogP contribution is 2.40. The van der Waals surface area contributed by atoms with Gasteiger partial charge < -0.3 is 23.9 Å². The van der Waals surface area contributed by atoms with Crippen molar-refractivity contribution in [2.45, 2.75) is 51.4 Å². The number of benzene rings is 2. The van der Waals surface area contributed by atoms with Gasteiger partial charge in [0.15, 0.2) is 5.58 Å². The Hall–Kier alpha value is -3.20. The topological polar surface area (TPSA) is 73.3 Å². The Labute approximate surface area is 194 Å². The molecule has 1 unspecified atom stereocenters. The fourth-order valence-corrected chi connectivity index (χ4v) is 4.60. The van der Waals surface area contributed by atoms with Gasteiger partial charge in [0.2, 0.25) is 11.2 Å². The van der Waals surface area contributed by atoms with Crippen LogP contribution < -0.4 is 19.8 Å². The zero-order chi connectivity index (χ0) is 24.5. The number of quaternary nitrogens is 1. The molecule has 3 aromatic rings. The maximum absolute atomic E-state index is 14.0. The van der Waals surface area contributed by atoms with E-state index in [2.05, 4.69) is 6.92 Å². The first-order chi connectivity index (χ1) is 16.2. The second-order valence-corrected chi connectivity index (χ2v) is 8.49. The molecule has 0 saturated carbocycles. The van der Waals surface area contributed by atoms with Crippen LogP contribution in [0.2, 0.25) is 0 Å². The van der Waals surface area contributed by atoms with E-state index < -0.39 is 23.1 Å². The predicted octanol–water partition coefficient (Wildman–Crippen LogP) is 4.67. The first-order valence-electron chi connectivity index (χ1n) is 11.3. The highest BCUT2D eigenvalue weighted by Gasteiger charge is 2.41. The minimum atomic E-state index is -4.98. The monoisotopic (exact) mass is 478 g/mol. The first-order valence-corrected chi connectivity index (χ1v) is 11.3. The van der Waals surface area contributed by atoms with Crippen molar-refractivity contribution in [1.29, 1.82) is 0 Å². The molecule has 2 atom stereocenters. The minimum absolute atomic E-state index is 0.0282. The molecule has 2 heterocycles. The van der Waals surface area contributed by atoms with Crippen molar-refractivity contribution in [3.05, 3.63) is 57.9 Å². The Morgan fingerprint density at radius 1 is 1.12 bits per heavy atom. The molecule has 0 amide bonds. The molecule has 0 bridgehead atoms. The highest BCUT2D eigenvalue weighted by molar-refractivity contribution is 5.83. The maximum atomic E-state index is 14.0. The molecule has 0 spiro atoms. The zero-order valence-electron chi connectivity index (χ0n) is 19.0. The van der Waals surface area contributed by atoms with E-state index in [-0.39, 0.29) is 34.6 Å². The molecule has 6 nitrogen and oxygen atoms in total. The van der Waals surface area contributed by atoms with E-state index >= 15 is 0 Å².